The van der Waals surface area contributed by atoms with Gasteiger partial charge in [0.05, 0.1) is 12.2 Å². The molecule has 0 bridgehead atoms. The van der Waals surface area contributed by atoms with Crippen molar-refractivity contribution in [1.29, 1.82) is 0 Å². The van der Waals surface area contributed by atoms with E-state index in [4.69, 9.17) is 4.52 Å². The van der Waals surface area contributed by atoms with Crippen molar-refractivity contribution in [3.05, 3.63) is 87.5 Å². The molecule has 0 aliphatic carbocycles. The Morgan fingerprint density at radius 1 is 0.931 bits per heavy atom. The fourth-order valence-electron chi connectivity index (χ4n) is 3.12. The van der Waals surface area contributed by atoms with Crippen molar-refractivity contribution in [1.82, 2.24) is 19.9 Å². The van der Waals surface area contributed by atoms with Crippen LogP contribution in [0.15, 0.2) is 63.9 Å². The molecule has 4 aromatic rings. The molecule has 0 amide bonds. The molecule has 2 aromatic heterocycles. The number of hydrogen-bond donors (Lipinski definition) is 0. The molecule has 0 fully saturated rings. The first-order valence-corrected chi connectivity index (χ1v) is 9.55. The molecule has 0 aliphatic rings. The third-order valence-electron chi connectivity index (χ3n) is 4.95. The number of aryl methyl sites for hydroxylation is 5. The summed E-state index contributed by atoms with van der Waals surface area (Å²) in [5.41, 5.74) is 6.05. The average molecular weight is 386 g/mol. The molecule has 2 heterocycles. The number of aromatic nitrogens is 4. The Kier molecular flexibility index (Phi) is 5.08. The van der Waals surface area contributed by atoms with Crippen LogP contribution in [0.3, 0.4) is 0 Å². The molecule has 6 nitrogen and oxygen atoms in total. The van der Waals surface area contributed by atoms with Crippen molar-refractivity contribution in [2.45, 2.75) is 33.7 Å². The van der Waals surface area contributed by atoms with Gasteiger partial charge in [-0.1, -0.05) is 41.1 Å². The predicted octanol–water partition coefficient (Wildman–Crippen LogP) is 4.13. The molecule has 6 heteroatoms. The number of nitrogens with zero attached hydrogens (tertiary/aromatic N) is 4. The van der Waals surface area contributed by atoms with Gasteiger partial charge in [-0.25, -0.2) is 4.68 Å². The summed E-state index contributed by atoms with van der Waals surface area (Å²) in [5, 5.41) is 8.57. The van der Waals surface area contributed by atoms with Crippen molar-refractivity contribution in [2.75, 3.05) is 0 Å². The standard InChI is InChI=1S/C23H22N4O2/c1-15-5-4-6-19(13-15)23-24-21(29-26-23)11-12-27-22(28)10-9-20(25-27)18-8-7-16(2)17(3)14-18/h4-10,13-14H,11-12H2,1-3H3. The Labute approximate surface area is 168 Å². The minimum absolute atomic E-state index is 0.156. The van der Waals surface area contributed by atoms with Gasteiger partial charge in [0.2, 0.25) is 11.7 Å². The molecule has 2 aromatic carbocycles. The van der Waals surface area contributed by atoms with Crippen molar-refractivity contribution < 1.29 is 4.52 Å². The summed E-state index contributed by atoms with van der Waals surface area (Å²) in [4.78, 5) is 16.7. The van der Waals surface area contributed by atoms with E-state index in [2.05, 4.69) is 41.2 Å². The Morgan fingerprint density at radius 3 is 2.59 bits per heavy atom. The molecule has 0 radical (unpaired) electrons. The van der Waals surface area contributed by atoms with Gasteiger partial charge in [-0.15, -0.1) is 0 Å². The van der Waals surface area contributed by atoms with Gasteiger partial charge in [0.15, 0.2) is 0 Å². The maximum atomic E-state index is 12.2. The van der Waals surface area contributed by atoms with Crippen LogP contribution in [-0.4, -0.2) is 19.9 Å². The van der Waals surface area contributed by atoms with Crippen LogP contribution in [0.25, 0.3) is 22.6 Å². The Bertz CT molecular complexity index is 1220. The van der Waals surface area contributed by atoms with E-state index in [9.17, 15) is 4.79 Å². The lowest BCUT2D eigenvalue weighted by molar-refractivity contribution is 0.368. The van der Waals surface area contributed by atoms with E-state index in [1.54, 1.807) is 12.1 Å². The second-order valence-corrected chi connectivity index (χ2v) is 7.21. The maximum Gasteiger partial charge on any atom is 0.266 e. The highest BCUT2D eigenvalue weighted by Gasteiger charge is 2.10. The highest BCUT2D eigenvalue weighted by atomic mass is 16.5. The lowest BCUT2D eigenvalue weighted by Gasteiger charge is -2.08. The first kappa shape index (κ1) is 18.8. The van der Waals surface area contributed by atoms with Gasteiger partial charge < -0.3 is 4.52 Å². The fourth-order valence-corrected chi connectivity index (χ4v) is 3.12. The van der Waals surface area contributed by atoms with Gasteiger partial charge in [0.1, 0.15) is 0 Å². The molecule has 0 spiro atoms. The van der Waals surface area contributed by atoms with E-state index in [0.29, 0.717) is 24.7 Å². The lowest BCUT2D eigenvalue weighted by Crippen LogP contribution is -2.23. The second-order valence-electron chi connectivity index (χ2n) is 7.21. The molecule has 29 heavy (non-hydrogen) atoms. The van der Waals surface area contributed by atoms with E-state index < -0.39 is 0 Å². The van der Waals surface area contributed by atoms with Gasteiger partial charge in [0, 0.05) is 23.6 Å². The summed E-state index contributed by atoms with van der Waals surface area (Å²) in [6, 6.07) is 17.4. The topological polar surface area (TPSA) is 73.8 Å². The lowest BCUT2D eigenvalue weighted by atomic mass is 10.0. The van der Waals surface area contributed by atoms with Crippen LogP contribution in [0.2, 0.25) is 0 Å². The minimum atomic E-state index is -0.156. The van der Waals surface area contributed by atoms with Crippen LogP contribution < -0.4 is 5.56 Å². The van der Waals surface area contributed by atoms with E-state index in [1.165, 1.54) is 15.8 Å². The number of rotatable bonds is 5. The van der Waals surface area contributed by atoms with Crippen LogP contribution in [0.1, 0.15) is 22.6 Å². The van der Waals surface area contributed by atoms with Crippen molar-refractivity contribution >= 4 is 0 Å². The van der Waals surface area contributed by atoms with E-state index in [1.807, 2.05) is 37.3 Å². The zero-order valence-electron chi connectivity index (χ0n) is 16.7. The summed E-state index contributed by atoms with van der Waals surface area (Å²) >= 11 is 0. The highest BCUT2D eigenvalue weighted by molar-refractivity contribution is 5.60. The molecular formula is C23H22N4O2. The van der Waals surface area contributed by atoms with Crippen molar-refractivity contribution in [3.63, 3.8) is 0 Å². The minimum Gasteiger partial charge on any atom is -0.339 e. The molecule has 0 N–H and O–H groups in total. The van der Waals surface area contributed by atoms with Gasteiger partial charge in [-0.05, 0) is 50.1 Å². The second kappa shape index (κ2) is 7.83. The molecule has 0 saturated heterocycles. The Morgan fingerprint density at radius 2 is 1.79 bits per heavy atom. The van der Waals surface area contributed by atoms with Gasteiger partial charge in [-0.3, -0.25) is 4.79 Å². The molecule has 0 saturated carbocycles. The molecular weight excluding hydrogens is 364 g/mol. The normalized spacial score (nSPS) is 11.0. The average Bonchev–Trinajstić information content (AvgIpc) is 3.19. The van der Waals surface area contributed by atoms with Crippen LogP contribution in [0.5, 0.6) is 0 Å². The molecule has 0 atom stereocenters. The first-order valence-electron chi connectivity index (χ1n) is 9.55. The number of hydrogen-bond acceptors (Lipinski definition) is 5. The smallest absolute Gasteiger partial charge is 0.266 e. The van der Waals surface area contributed by atoms with Crippen molar-refractivity contribution in [2.24, 2.45) is 0 Å². The zero-order valence-corrected chi connectivity index (χ0v) is 16.7. The first-order chi connectivity index (χ1) is 14.0. The maximum absolute atomic E-state index is 12.2. The molecule has 0 unspecified atom stereocenters. The Balaban J connectivity index is 1.53. The summed E-state index contributed by atoms with van der Waals surface area (Å²) in [7, 11) is 0. The summed E-state index contributed by atoms with van der Waals surface area (Å²) in [6.45, 7) is 6.52. The summed E-state index contributed by atoms with van der Waals surface area (Å²) < 4.78 is 6.81. The van der Waals surface area contributed by atoms with Gasteiger partial charge in [0.25, 0.3) is 5.56 Å². The van der Waals surface area contributed by atoms with Gasteiger partial charge in [-0.2, -0.15) is 10.1 Å². The third-order valence-corrected chi connectivity index (χ3v) is 4.95. The number of benzene rings is 2. The third kappa shape index (κ3) is 4.16. The largest absolute Gasteiger partial charge is 0.339 e. The fraction of sp³-hybridized carbons (Fsp3) is 0.217. The van der Waals surface area contributed by atoms with Crippen LogP contribution >= 0.6 is 0 Å². The van der Waals surface area contributed by atoms with Gasteiger partial charge >= 0.3 is 0 Å². The highest BCUT2D eigenvalue weighted by Crippen LogP contribution is 2.20. The van der Waals surface area contributed by atoms with E-state index >= 15 is 0 Å². The van der Waals surface area contributed by atoms with Crippen LogP contribution in [-0.2, 0) is 13.0 Å². The SMILES string of the molecule is Cc1cccc(-c2noc(CCn3nc(-c4ccc(C)c(C)c4)ccc3=O)n2)c1. The zero-order chi connectivity index (χ0) is 20.4. The quantitative estimate of drug-likeness (QED) is 0.516. The van der Waals surface area contributed by atoms with E-state index in [0.717, 1.165) is 22.4 Å². The predicted molar refractivity (Wildman–Crippen MR) is 112 cm³/mol. The van der Waals surface area contributed by atoms with Crippen LogP contribution in [0, 0.1) is 20.8 Å². The summed E-state index contributed by atoms with van der Waals surface area (Å²) in [6.07, 6.45) is 0.433. The Hall–Kier alpha value is -3.54. The molecule has 4 rings (SSSR count). The van der Waals surface area contributed by atoms with E-state index in [-0.39, 0.29) is 5.56 Å². The summed E-state index contributed by atoms with van der Waals surface area (Å²) in [5.74, 6) is 1.03. The van der Waals surface area contributed by atoms with Crippen molar-refractivity contribution in [3.8, 4) is 22.6 Å². The molecule has 146 valence electrons. The molecule has 0 aliphatic heterocycles. The monoisotopic (exact) mass is 386 g/mol. The van der Waals surface area contributed by atoms with Crippen LogP contribution in [0.4, 0.5) is 0 Å².